The Morgan fingerprint density at radius 2 is 1.00 bits per heavy atom. The highest BCUT2D eigenvalue weighted by Crippen LogP contribution is 2.33. The Morgan fingerprint density at radius 3 is 1.38 bits per heavy atom. The van der Waals surface area contributed by atoms with E-state index in [1.807, 2.05) is 0 Å². The summed E-state index contributed by atoms with van der Waals surface area (Å²) in [6.45, 7) is 23.8. The zero-order chi connectivity index (χ0) is 14.8. The molecule has 0 aromatic carbocycles. The lowest BCUT2D eigenvalue weighted by atomic mass is 10.0. The molecule has 4 bridgehead atoms. The molecule has 4 heteroatoms. The number of fused-ring (bicyclic) bond motifs is 6. The normalized spacial score (nSPS) is 52.6. The maximum Gasteiger partial charge on any atom is 0.208 e. The highest BCUT2D eigenvalue weighted by Gasteiger charge is 2.56. The standard InChI is InChI=1S/C17H36N4/c1-17(2)21-13-10-20(11-14-21,12-15-21)16-19-7-4-18(3,5-8-19)6-9-19/h17H,4-16H2,1-3H3/q+4. The molecule has 120 valence electrons. The molecule has 6 rings (SSSR count). The van der Waals surface area contributed by atoms with Gasteiger partial charge in [-0.2, -0.15) is 0 Å². The molecule has 0 atom stereocenters. The van der Waals surface area contributed by atoms with Crippen LogP contribution in [0.3, 0.4) is 0 Å². The lowest BCUT2D eigenvalue weighted by Crippen LogP contribution is -2.82. The summed E-state index contributed by atoms with van der Waals surface area (Å²) in [6, 6.07) is 0.836. The smallest absolute Gasteiger partial charge is 0.208 e. The molecule has 0 saturated carbocycles. The Labute approximate surface area is 130 Å². The molecule has 6 saturated heterocycles. The van der Waals surface area contributed by atoms with Gasteiger partial charge in [-0.05, 0) is 13.8 Å². The van der Waals surface area contributed by atoms with Gasteiger partial charge in [0.15, 0.2) is 0 Å². The Kier molecular flexibility index (Phi) is 3.05. The second kappa shape index (κ2) is 4.44. The van der Waals surface area contributed by atoms with Gasteiger partial charge in [-0.1, -0.05) is 0 Å². The van der Waals surface area contributed by atoms with Crippen LogP contribution in [-0.2, 0) is 0 Å². The second-order valence-corrected chi connectivity index (χ2v) is 9.44. The monoisotopic (exact) mass is 296 g/mol. The molecule has 0 aromatic rings. The van der Waals surface area contributed by atoms with Crippen molar-refractivity contribution < 1.29 is 17.9 Å². The Balaban J connectivity index is 1.47. The molecule has 6 aliphatic rings. The van der Waals surface area contributed by atoms with Gasteiger partial charge in [-0.25, -0.2) is 0 Å². The average molecular weight is 297 g/mol. The van der Waals surface area contributed by atoms with Crippen LogP contribution in [0.25, 0.3) is 0 Å². The minimum atomic E-state index is 0.836. The van der Waals surface area contributed by atoms with Gasteiger partial charge in [0.1, 0.15) is 78.5 Å². The largest absolute Gasteiger partial charge is 0.312 e. The molecular formula is C17H36N4+4. The van der Waals surface area contributed by atoms with E-state index in [0.29, 0.717) is 0 Å². The zero-order valence-electron chi connectivity index (χ0n) is 14.6. The van der Waals surface area contributed by atoms with E-state index in [0.717, 1.165) is 6.04 Å². The van der Waals surface area contributed by atoms with Crippen molar-refractivity contribution >= 4 is 0 Å². The number of hydrogen-bond acceptors (Lipinski definition) is 0. The number of hydrogen-bond donors (Lipinski definition) is 0. The molecule has 21 heavy (non-hydrogen) atoms. The molecule has 6 fully saturated rings. The summed E-state index contributed by atoms with van der Waals surface area (Å²) in [6.07, 6.45) is 0. The van der Waals surface area contributed by atoms with E-state index in [-0.39, 0.29) is 0 Å². The van der Waals surface area contributed by atoms with E-state index < -0.39 is 0 Å². The molecular weight excluding hydrogens is 260 g/mol. The third-order valence-corrected chi connectivity index (χ3v) is 8.10. The Morgan fingerprint density at radius 1 is 0.619 bits per heavy atom. The van der Waals surface area contributed by atoms with E-state index in [4.69, 9.17) is 0 Å². The first-order valence-corrected chi connectivity index (χ1v) is 9.29. The fourth-order valence-electron chi connectivity index (χ4n) is 5.77. The van der Waals surface area contributed by atoms with E-state index in [1.165, 1.54) is 103 Å². The van der Waals surface area contributed by atoms with E-state index >= 15 is 0 Å². The van der Waals surface area contributed by atoms with Crippen LogP contribution in [0.5, 0.6) is 0 Å². The van der Waals surface area contributed by atoms with Crippen LogP contribution in [0.4, 0.5) is 0 Å². The number of rotatable bonds is 3. The van der Waals surface area contributed by atoms with Crippen LogP contribution in [0.15, 0.2) is 0 Å². The Bertz CT molecular complexity index is 381. The summed E-state index contributed by atoms with van der Waals surface area (Å²) in [7, 11) is 2.48. The minimum Gasteiger partial charge on any atom is -0.312 e. The third-order valence-electron chi connectivity index (χ3n) is 8.10. The van der Waals surface area contributed by atoms with Crippen molar-refractivity contribution in [1.82, 2.24) is 0 Å². The van der Waals surface area contributed by atoms with Gasteiger partial charge < -0.3 is 8.97 Å². The average Bonchev–Trinajstić information content (AvgIpc) is 2.50. The highest BCUT2D eigenvalue weighted by atomic mass is 15.6. The summed E-state index contributed by atoms with van der Waals surface area (Å²) < 4.78 is 5.73. The molecule has 4 nitrogen and oxygen atoms in total. The van der Waals surface area contributed by atoms with Crippen LogP contribution in [0.1, 0.15) is 13.8 Å². The van der Waals surface area contributed by atoms with E-state index in [9.17, 15) is 0 Å². The minimum absolute atomic E-state index is 0.836. The fraction of sp³-hybridized carbons (Fsp3) is 1.00. The fourth-order valence-corrected chi connectivity index (χ4v) is 5.77. The van der Waals surface area contributed by atoms with Gasteiger partial charge in [-0.15, -0.1) is 0 Å². The van der Waals surface area contributed by atoms with Gasteiger partial charge in [0.2, 0.25) is 6.67 Å². The maximum atomic E-state index is 2.48. The van der Waals surface area contributed by atoms with Crippen molar-refractivity contribution in [2.24, 2.45) is 0 Å². The van der Waals surface area contributed by atoms with Gasteiger partial charge in [0.05, 0.1) is 13.1 Å². The predicted molar refractivity (Wildman–Crippen MR) is 85.4 cm³/mol. The van der Waals surface area contributed by atoms with Crippen LogP contribution in [0, 0.1) is 0 Å². The number of likely N-dealkylation sites (N-methyl/N-ethyl adjacent to an activating group) is 1. The summed E-state index contributed by atoms with van der Waals surface area (Å²) >= 11 is 0. The molecule has 0 aromatic heterocycles. The van der Waals surface area contributed by atoms with Crippen molar-refractivity contribution in [3.8, 4) is 0 Å². The predicted octanol–water partition coefficient (Wildman–Crippen LogP) is 0.304. The molecule has 0 unspecified atom stereocenters. The summed E-state index contributed by atoms with van der Waals surface area (Å²) in [5, 5.41) is 0. The molecule has 0 spiro atoms. The summed E-state index contributed by atoms with van der Waals surface area (Å²) in [4.78, 5) is 0. The number of nitrogens with zero attached hydrogens (tertiary/aromatic N) is 4. The molecule has 6 aliphatic heterocycles. The van der Waals surface area contributed by atoms with Crippen LogP contribution < -0.4 is 0 Å². The maximum absolute atomic E-state index is 2.48. The van der Waals surface area contributed by atoms with Crippen LogP contribution in [-0.4, -0.2) is 116 Å². The molecule has 0 radical (unpaired) electrons. The van der Waals surface area contributed by atoms with Crippen molar-refractivity contribution in [3.63, 3.8) is 0 Å². The second-order valence-electron chi connectivity index (χ2n) is 9.44. The van der Waals surface area contributed by atoms with Crippen molar-refractivity contribution in [3.05, 3.63) is 0 Å². The van der Waals surface area contributed by atoms with E-state index in [1.54, 1.807) is 0 Å². The van der Waals surface area contributed by atoms with Gasteiger partial charge in [-0.3, -0.25) is 8.97 Å². The van der Waals surface area contributed by atoms with Crippen molar-refractivity contribution in [2.45, 2.75) is 19.9 Å². The summed E-state index contributed by atoms with van der Waals surface area (Å²) in [5.74, 6) is 0. The van der Waals surface area contributed by atoms with E-state index in [2.05, 4.69) is 20.9 Å². The first-order valence-electron chi connectivity index (χ1n) is 9.29. The van der Waals surface area contributed by atoms with Crippen LogP contribution in [0.2, 0.25) is 0 Å². The molecule has 0 aliphatic carbocycles. The molecule has 6 heterocycles. The van der Waals surface area contributed by atoms with Crippen LogP contribution >= 0.6 is 0 Å². The van der Waals surface area contributed by atoms with Gasteiger partial charge >= 0.3 is 0 Å². The van der Waals surface area contributed by atoms with Crippen molar-refractivity contribution in [1.29, 1.82) is 0 Å². The topological polar surface area (TPSA) is 0 Å². The molecule has 0 N–H and O–H groups in total. The first-order chi connectivity index (χ1) is 9.89. The number of quaternary nitrogens is 4. The SMILES string of the molecule is CC(C)[N+]12CC[N+](C[N+]34CC[N+](C)(CC3)CC4)(CC1)CC2. The zero-order valence-corrected chi connectivity index (χ0v) is 14.6. The lowest BCUT2D eigenvalue weighted by molar-refractivity contribution is -1.18. The number of piperazine rings is 6. The summed E-state index contributed by atoms with van der Waals surface area (Å²) in [5.41, 5.74) is 0. The lowest BCUT2D eigenvalue weighted by Gasteiger charge is -2.61. The Hall–Kier alpha value is -0.160. The van der Waals surface area contributed by atoms with Crippen molar-refractivity contribution in [2.75, 3.05) is 92.3 Å². The van der Waals surface area contributed by atoms with Gasteiger partial charge in [0.25, 0.3) is 0 Å². The third kappa shape index (κ3) is 2.18. The van der Waals surface area contributed by atoms with Gasteiger partial charge in [0, 0.05) is 0 Å². The molecule has 0 amide bonds. The first kappa shape index (κ1) is 14.4. The highest BCUT2D eigenvalue weighted by molar-refractivity contribution is 4.65. The quantitative estimate of drug-likeness (QED) is 0.658.